The van der Waals surface area contributed by atoms with E-state index in [4.69, 9.17) is 10.00 Å². The number of ether oxygens (including phenoxy) is 1. The maximum absolute atomic E-state index is 8.83. The van der Waals surface area contributed by atoms with Gasteiger partial charge in [-0.25, -0.2) is 4.98 Å². The SMILES string of the molecule is Cc1cc(CCN(C)Cc2ccccc2)ccc1Oc1ccc(C#N)cn1. The second-order valence-corrected chi connectivity index (χ2v) is 6.67. The number of likely N-dealkylation sites (N-methyl/N-ethyl adjacent to an activating group) is 1. The van der Waals surface area contributed by atoms with Crippen molar-refractivity contribution in [3.05, 3.63) is 89.1 Å². The number of pyridine rings is 1. The quantitative estimate of drug-likeness (QED) is 0.613. The van der Waals surface area contributed by atoms with E-state index in [0.29, 0.717) is 11.4 Å². The average Bonchev–Trinajstić information content (AvgIpc) is 2.69. The molecule has 27 heavy (non-hydrogen) atoms. The molecule has 3 aromatic rings. The van der Waals surface area contributed by atoms with Crippen molar-refractivity contribution in [3.8, 4) is 17.7 Å². The Morgan fingerprint density at radius 3 is 2.52 bits per heavy atom. The zero-order valence-electron chi connectivity index (χ0n) is 15.7. The Kier molecular flexibility index (Phi) is 6.19. The molecular weight excluding hydrogens is 334 g/mol. The van der Waals surface area contributed by atoms with Crippen LogP contribution in [-0.4, -0.2) is 23.5 Å². The number of aryl methyl sites for hydroxylation is 1. The van der Waals surface area contributed by atoms with Gasteiger partial charge in [-0.1, -0.05) is 42.5 Å². The fourth-order valence-corrected chi connectivity index (χ4v) is 2.90. The summed E-state index contributed by atoms with van der Waals surface area (Å²) < 4.78 is 5.84. The Labute approximate surface area is 160 Å². The molecule has 0 aliphatic heterocycles. The molecule has 3 rings (SSSR count). The van der Waals surface area contributed by atoms with Gasteiger partial charge >= 0.3 is 0 Å². The number of hydrogen-bond donors (Lipinski definition) is 0. The smallest absolute Gasteiger partial charge is 0.219 e. The van der Waals surface area contributed by atoms with E-state index in [1.807, 2.05) is 19.1 Å². The van der Waals surface area contributed by atoms with Crippen molar-refractivity contribution in [1.29, 1.82) is 5.26 Å². The highest BCUT2D eigenvalue weighted by Crippen LogP contribution is 2.24. The molecule has 0 saturated heterocycles. The third kappa shape index (κ3) is 5.40. The van der Waals surface area contributed by atoms with Crippen LogP contribution < -0.4 is 4.74 Å². The first-order valence-corrected chi connectivity index (χ1v) is 9.00. The van der Waals surface area contributed by atoms with Crippen molar-refractivity contribution in [1.82, 2.24) is 9.88 Å². The summed E-state index contributed by atoms with van der Waals surface area (Å²) in [6.07, 6.45) is 2.50. The van der Waals surface area contributed by atoms with Crippen molar-refractivity contribution < 1.29 is 4.74 Å². The number of aromatic nitrogens is 1. The Bertz CT molecular complexity index is 915. The van der Waals surface area contributed by atoms with E-state index in [1.165, 1.54) is 17.3 Å². The van der Waals surface area contributed by atoms with Crippen molar-refractivity contribution >= 4 is 0 Å². The van der Waals surface area contributed by atoms with E-state index in [9.17, 15) is 0 Å². The van der Waals surface area contributed by atoms with Crippen molar-refractivity contribution in [2.75, 3.05) is 13.6 Å². The molecule has 0 radical (unpaired) electrons. The predicted molar refractivity (Wildman–Crippen MR) is 107 cm³/mol. The molecule has 0 atom stereocenters. The summed E-state index contributed by atoms with van der Waals surface area (Å²) in [6, 6.07) is 22.2. The largest absolute Gasteiger partial charge is 0.439 e. The molecule has 136 valence electrons. The van der Waals surface area contributed by atoms with Gasteiger partial charge < -0.3 is 9.64 Å². The van der Waals surface area contributed by atoms with Crippen LogP contribution in [0.4, 0.5) is 0 Å². The molecule has 1 heterocycles. The predicted octanol–water partition coefficient (Wildman–Crippen LogP) is 4.73. The minimum Gasteiger partial charge on any atom is -0.439 e. The van der Waals surface area contributed by atoms with Gasteiger partial charge in [0.25, 0.3) is 0 Å². The first kappa shape index (κ1) is 18.6. The molecule has 0 bridgehead atoms. The summed E-state index contributed by atoms with van der Waals surface area (Å²) in [4.78, 5) is 6.49. The molecule has 0 aliphatic rings. The standard InChI is InChI=1S/C23H23N3O/c1-18-14-19(12-13-26(2)17-20-6-4-3-5-7-20)8-10-22(18)27-23-11-9-21(15-24)16-25-23/h3-11,14,16H,12-13,17H2,1-2H3. The Morgan fingerprint density at radius 2 is 1.85 bits per heavy atom. The number of benzene rings is 2. The van der Waals surface area contributed by atoms with Crippen LogP contribution in [0.25, 0.3) is 0 Å². The molecule has 2 aromatic carbocycles. The molecule has 0 saturated carbocycles. The summed E-state index contributed by atoms with van der Waals surface area (Å²) in [6.45, 7) is 3.98. The molecule has 4 heteroatoms. The third-order valence-electron chi connectivity index (χ3n) is 4.40. The molecule has 0 fully saturated rings. The van der Waals surface area contributed by atoms with E-state index in [0.717, 1.165) is 30.8 Å². The number of nitrogens with zero attached hydrogens (tertiary/aromatic N) is 3. The van der Waals surface area contributed by atoms with Crippen molar-refractivity contribution in [2.45, 2.75) is 19.9 Å². The zero-order chi connectivity index (χ0) is 19.1. The van der Waals surface area contributed by atoms with Crippen LogP contribution in [0.15, 0.2) is 66.9 Å². The van der Waals surface area contributed by atoms with Gasteiger partial charge in [-0.05, 0) is 49.2 Å². The van der Waals surface area contributed by atoms with E-state index < -0.39 is 0 Å². The highest BCUT2D eigenvalue weighted by Gasteiger charge is 2.06. The van der Waals surface area contributed by atoms with Crippen molar-refractivity contribution in [3.63, 3.8) is 0 Å². The second-order valence-electron chi connectivity index (χ2n) is 6.67. The van der Waals surface area contributed by atoms with Gasteiger partial charge in [0.15, 0.2) is 0 Å². The Morgan fingerprint density at radius 1 is 1.04 bits per heavy atom. The molecule has 4 nitrogen and oxygen atoms in total. The van der Waals surface area contributed by atoms with Gasteiger partial charge in [0.05, 0.1) is 5.56 Å². The van der Waals surface area contributed by atoms with Gasteiger partial charge in [0, 0.05) is 25.4 Å². The minimum atomic E-state index is 0.493. The molecule has 0 aliphatic carbocycles. The number of hydrogen-bond acceptors (Lipinski definition) is 4. The van der Waals surface area contributed by atoms with E-state index >= 15 is 0 Å². The summed E-state index contributed by atoms with van der Waals surface area (Å²) >= 11 is 0. The summed E-state index contributed by atoms with van der Waals surface area (Å²) in [5, 5.41) is 8.83. The van der Waals surface area contributed by atoms with Crippen LogP contribution >= 0.6 is 0 Å². The van der Waals surface area contributed by atoms with Gasteiger partial charge in [-0.15, -0.1) is 0 Å². The fourth-order valence-electron chi connectivity index (χ4n) is 2.90. The number of nitriles is 1. The van der Waals surface area contributed by atoms with Crippen LogP contribution in [-0.2, 0) is 13.0 Å². The normalized spacial score (nSPS) is 10.6. The molecule has 1 aromatic heterocycles. The minimum absolute atomic E-state index is 0.493. The van der Waals surface area contributed by atoms with Gasteiger partial charge in [0.1, 0.15) is 11.8 Å². The first-order chi connectivity index (χ1) is 13.1. The van der Waals surface area contributed by atoms with Gasteiger partial charge in [-0.2, -0.15) is 5.26 Å². The van der Waals surface area contributed by atoms with Crippen LogP contribution in [0, 0.1) is 18.3 Å². The van der Waals surface area contributed by atoms with Crippen LogP contribution in [0.3, 0.4) is 0 Å². The van der Waals surface area contributed by atoms with Gasteiger partial charge in [-0.3, -0.25) is 0 Å². The molecule has 0 N–H and O–H groups in total. The molecule has 0 unspecified atom stereocenters. The molecule has 0 amide bonds. The lowest BCUT2D eigenvalue weighted by Crippen LogP contribution is -2.20. The molecule has 0 spiro atoms. The average molecular weight is 357 g/mol. The maximum Gasteiger partial charge on any atom is 0.219 e. The molecular formula is C23H23N3O. The Balaban J connectivity index is 1.56. The maximum atomic E-state index is 8.83. The zero-order valence-corrected chi connectivity index (χ0v) is 15.7. The Hall–Kier alpha value is -3.16. The summed E-state index contributed by atoms with van der Waals surface area (Å²) in [5.41, 5.74) is 4.21. The topological polar surface area (TPSA) is 49.1 Å². The summed E-state index contributed by atoms with van der Waals surface area (Å²) in [5.74, 6) is 1.28. The third-order valence-corrected chi connectivity index (χ3v) is 4.40. The second kappa shape index (κ2) is 8.98. The van der Waals surface area contributed by atoms with E-state index in [1.54, 1.807) is 12.1 Å². The van der Waals surface area contributed by atoms with Crippen LogP contribution in [0.2, 0.25) is 0 Å². The highest BCUT2D eigenvalue weighted by atomic mass is 16.5. The summed E-state index contributed by atoms with van der Waals surface area (Å²) in [7, 11) is 2.15. The van der Waals surface area contributed by atoms with Crippen LogP contribution in [0.1, 0.15) is 22.3 Å². The van der Waals surface area contributed by atoms with E-state index in [2.05, 4.69) is 59.4 Å². The van der Waals surface area contributed by atoms with Gasteiger partial charge in [0.2, 0.25) is 5.88 Å². The lowest BCUT2D eigenvalue weighted by Gasteiger charge is -2.17. The van der Waals surface area contributed by atoms with Crippen molar-refractivity contribution in [2.24, 2.45) is 0 Å². The number of rotatable bonds is 7. The van der Waals surface area contributed by atoms with Crippen LogP contribution in [0.5, 0.6) is 11.6 Å². The first-order valence-electron chi connectivity index (χ1n) is 9.00. The fraction of sp³-hybridized carbons (Fsp3) is 0.217. The monoisotopic (exact) mass is 357 g/mol. The highest BCUT2D eigenvalue weighted by molar-refractivity contribution is 5.39. The van der Waals surface area contributed by atoms with E-state index in [-0.39, 0.29) is 0 Å². The lowest BCUT2D eigenvalue weighted by atomic mass is 10.1. The lowest BCUT2D eigenvalue weighted by molar-refractivity contribution is 0.331.